The zero-order valence-corrected chi connectivity index (χ0v) is 20.0. The molecule has 37 heavy (non-hydrogen) atoms. The van der Waals surface area contributed by atoms with Crippen molar-refractivity contribution in [3.05, 3.63) is 65.0 Å². The maximum absolute atomic E-state index is 12.7. The Morgan fingerprint density at radius 1 is 1.32 bits per heavy atom. The lowest BCUT2D eigenvalue weighted by Crippen LogP contribution is -2.46. The van der Waals surface area contributed by atoms with Gasteiger partial charge in [-0.05, 0) is 24.1 Å². The zero-order chi connectivity index (χ0) is 26.1. The molecule has 4 heterocycles. The van der Waals surface area contributed by atoms with Gasteiger partial charge in [-0.15, -0.1) is 0 Å². The molecule has 1 aromatic carbocycles. The van der Waals surface area contributed by atoms with Crippen molar-refractivity contribution >= 4 is 34.6 Å². The molecule has 13 nitrogen and oxygen atoms in total. The molecular formula is C23H21ClN6O7. The lowest BCUT2D eigenvalue weighted by atomic mass is 9.90. The van der Waals surface area contributed by atoms with E-state index in [1.807, 2.05) is 0 Å². The number of imidazole rings is 1. The molecule has 2 aliphatic rings. The summed E-state index contributed by atoms with van der Waals surface area (Å²) >= 11 is 5.93. The molecule has 0 spiro atoms. The predicted molar refractivity (Wildman–Crippen MR) is 125 cm³/mol. The van der Waals surface area contributed by atoms with Crippen molar-refractivity contribution in [1.82, 2.24) is 24.7 Å². The van der Waals surface area contributed by atoms with Crippen molar-refractivity contribution in [2.24, 2.45) is 0 Å². The number of hydrogen-bond acceptors (Lipinski definition) is 11. The Balaban J connectivity index is 1.32. The molecule has 1 saturated carbocycles. The van der Waals surface area contributed by atoms with Crippen molar-refractivity contribution in [3.8, 4) is 0 Å². The van der Waals surface area contributed by atoms with E-state index in [1.165, 1.54) is 17.0 Å². The second-order valence-corrected chi connectivity index (χ2v) is 9.48. The van der Waals surface area contributed by atoms with Gasteiger partial charge in [0, 0.05) is 12.5 Å². The van der Waals surface area contributed by atoms with Gasteiger partial charge in [0.25, 0.3) is 0 Å². The molecule has 192 valence electrons. The second-order valence-electron chi connectivity index (χ2n) is 9.14. The first-order chi connectivity index (χ1) is 17.6. The van der Waals surface area contributed by atoms with Crippen LogP contribution in [0.15, 0.2) is 47.2 Å². The summed E-state index contributed by atoms with van der Waals surface area (Å²) in [6.07, 6.45) is -3.67. The molecule has 2 unspecified atom stereocenters. The van der Waals surface area contributed by atoms with Crippen molar-refractivity contribution in [3.63, 3.8) is 0 Å². The summed E-state index contributed by atoms with van der Waals surface area (Å²) in [4.78, 5) is 24.8. The lowest BCUT2D eigenvalue weighted by molar-refractivity contribution is -0.187. The van der Waals surface area contributed by atoms with E-state index in [4.69, 9.17) is 31.3 Å². The minimum Gasteiger partial charge on any atom is -0.479 e. The number of hydrogen-bond donors (Lipinski definition) is 4. The van der Waals surface area contributed by atoms with Crippen molar-refractivity contribution in [1.29, 1.82) is 0 Å². The molecule has 5 N–H and O–H groups in total. The van der Waals surface area contributed by atoms with Crippen LogP contribution < -0.4 is 5.73 Å². The highest BCUT2D eigenvalue weighted by atomic mass is 35.5. The van der Waals surface area contributed by atoms with E-state index < -0.39 is 41.7 Å². The molecule has 1 aliphatic carbocycles. The number of nitrogens with zero attached hydrogens (tertiary/aromatic N) is 5. The summed E-state index contributed by atoms with van der Waals surface area (Å²) in [5.41, 5.74) is 3.02. The van der Waals surface area contributed by atoms with Crippen molar-refractivity contribution in [2.75, 3.05) is 5.73 Å². The molecule has 1 saturated heterocycles. The SMILES string of the molecule is Cc1cc(C(Cc2ccccc2)(OC2[C@H]3O[C@@H](n4cnc5c(N)nc(Cl)nc54)[C@H](O)[C@@]23O)C(=O)O)no1. The number of fused-ring (bicyclic) bond motifs is 2. The van der Waals surface area contributed by atoms with Crippen LogP contribution in [0.5, 0.6) is 0 Å². The van der Waals surface area contributed by atoms with Crippen LogP contribution in [-0.2, 0) is 26.3 Å². The molecule has 14 heteroatoms. The van der Waals surface area contributed by atoms with Gasteiger partial charge in [0.1, 0.15) is 35.3 Å². The topological polar surface area (TPSA) is 192 Å². The van der Waals surface area contributed by atoms with Crippen LogP contribution in [-0.4, -0.2) is 69.9 Å². The van der Waals surface area contributed by atoms with E-state index in [1.54, 1.807) is 37.3 Å². The van der Waals surface area contributed by atoms with E-state index in [0.29, 0.717) is 11.3 Å². The first kappa shape index (κ1) is 23.8. The van der Waals surface area contributed by atoms with Gasteiger partial charge < -0.3 is 35.1 Å². The molecule has 1 aliphatic heterocycles. The number of carboxylic acid groups (broad SMARTS) is 1. The van der Waals surface area contributed by atoms with Crippen LogP contribution in [0.1, 0.15) is 23.2 Å². The smallest absolute Gasteiger partial charge is 0.342 e. The van der Waals surface area contributed by atoms with Crippen molar-refractivity contribution in [2.45, 2.75) is 49.1 Å². The van der Waals surface area contributed by atoms with E-state index in [2.05, 4.69) is 20.1 Å². The minimum atomic E-state index is -2.03. The number of aromatic nitrogens is 5. The average molecular weight is 529 g/mol. The summed E-state index contributed by atoms with van der Waals surface area (Å²) in [7, 11) is 0. The Labute approximate surface area is 213 Å². The molecule has 0 bridgehead atoms. The van der Waals surface area contributed by atoms with Crippen LogP contribution in [0.25, 0.3) is 11.2 Å². The minimum absolute atomic E-state index is 0.0170. The van der Waals surface area contributed by atoms with E-state index in [9.17, 15) is 20.1 Å². The highest BCUT2D eigenvalue weighted by Crippen LogP contribution is 2.57. The molecule has 2 fully saturated rings. The number of halogens is 1. The maximum Gasteiger partial charge on any atom is 0.342 e. The summed E-state index contributed by atoms with van der Waals surface area (Å²) in [5.74, 6) is -0.914. The number of nitrogens with two attached hydrogens (primary N) is 1. The van der Waals surface area contributed by atoms with Crippen LogP contribution in [0.2, 0.25) is 5.28 Å². The van der Waals surface area contributed by atoms with Crippen LogP contribution in [0, 0.1) is 6.92 Å². The van der Waals surface area contributed by atoms with Gasteiger partial charge in [0.15, 0.2) is 23.3 Å². The number of nitrogen functional groups attached to an aromatic ring is 1. The third-order valence-electron chi connectivity index (χ3n) is 6.81. The average Bonchev–Trinajstić information content (AvgIpc) is 3.27. The standard InChI is InChI=1S/C23H21ClN6O7/c1-10-7-12(29-37-10)22(20(32)33,8-11-5-3-2-4-6-11)36-16-15-23(16,34)14(31)19(35-15)30-9-26-13-17(25)27-21(24)28-18(13)30/h2-7,9,14-16,19,31,34H,8H2,1H3,(H,32,33)(H2,25,27,28)/t14-,15+,16?,19+,22?,23-/m0/s1. The molecule has 0 amide bonds. The number of ether oxygens (including phenoxy) is 2. The zero-order valence-electron chi connectivity index (χ0n) is 19.2. The molecule has 0 radical (unpaired) electrons. The Morgan fingerprint density at radius 3 is 2.70 bits per heavy atom. The van der Waals surface area contributed by atoms with E-state index >= 15 is 0 Å². The number of aliphatic hydroxyl groups is 2. The summed E-state index contributed by atoms with van der Waals surface area (Å²) in [6, 6.07) is 10.3. The van der Waals surface area contributed by atoms with Gasteiger partial charge in [0.2, 0.25) is 10.9 Å². The third kappa shape index (κ3) is 3.50. The number of benzene rings is 1. The summed E-state index contributed by atoms with van der Waals surface area (Å²) < 4.78 is 18.5. The monoisotopic (exact) mass is 528 g/mol. The Hall–Kier alpha value is -3.62. The van der Waals surface area contributed by atoms with E-state index in [0.717, 1.165) is 0 Å². The molecule has 4 aromatic rings. The number of rotatable bonds is 7. The van der Waals surface area contributed by atoms with Crippen molar-refractivity contribution < 1.29 is 34.1 Å². The second kappa shape index (κ2) is 8.19. The summed E-state index contributed by atoms with van der Waals surface area (Å²) in [6.45, 7) is 1.63. The number of aliphatic carboxylic acids is 1. The van der Waals surface area contributed by atoms with Gasteiger partial charge in [-0.1, -0.05) is 35.5 Å². The molecule has 6 rings (SSSR count). The Morgan fingerprint density at radius 2 is 2.08 bits per heavy atom. The van der Waals surface area contributed by atoms with Crippen LogP contribution >= 0.6 is 11.6 Å². The number of carbonyl (C=O) groups is 1. The molecular weight excluding hydrogens is 508 g/mol. The number of aliphatic hydroxyl groups excluding tert-OH is 1. The summed E-state index contributed by atoms with van der Waals surface area (Å²) in [5, 5.41) is 36.6. The fourth-order valence-corrected chi connectivity index (χ4v) is 5.03. The normalized spacial score (nSPS) is 28.2. The number of anilines is 1. The highest BCUT2D eigenvalue weighted by molar-refractivity contribution is 6.28. The Kier molecular flexibility index (Phi) is 5.26. The fraction of sp³-hybridized carbons (Fsp3) is 0.348. The lowest BCUT2D eigenvalue weighted by Gasteiger charge is -2.31. The van der Waals surface area contributed by atoms with Gasteiger partial charge >= 0.3 is 5.97 Å². The Bertz CT molecular complexity index is 1510. The van der Waals surface area contributed by atoms with E-state index in [-0.39, 0.29) is 34.4 Å². The maximum atomic E-state index is 12.7. The van der Waals surface area contributed by atoms with Crippen LogP contribution in [0.4, 0.5) is 5.82 Å². The van der Waals surface area contributed by atoms with Gasteiger partial charge in [-0.2, -0.15) is 9.97 Å². The highest BCUT2D eigenvalue weighted by Gasteiger charge is 2.79. The number of aryl methyl sites for hydroxylation is 1. The van der Waals surface area contributed by atoms with Gasteiger partial charge in [0.05, 0.1) is 6.33 Å². The first-order valence-corrected chi connectivity index (χ1v) is 11.6. The van der Waals surface area contributed by atoms with Gasteiger partial charge in [-0.25, -0.2) is 9.78 Å². The third-order valence-corrected chi connectivity index (χ3v) is 6.98. The number of carboxylic acids is 1. The van der Waals surface area contributed by atoms with Gasteiger partial charge in [-0.3, -0.25) is 4.57 Å². The first-order valence-electron chi connectivity index (χ1n) is 11.3. The molecule has 3 aromatic heterocycles. The quantitative estimate of drug-likeness (QED) is 0.249. The predicted octanol–water partition coefficient (Wildman–Crippen LogP) is 0.969. The fourth-order valence-electron chi connectivity index (χ4n) is 4.86. The molecule has 6 atom stereocenters. The van der Waals surface area contributed by atoms with Crippen LogP contribution in [0.3, 0.4) is 0 Å². The largest absolute Gasteiger partial charge is 0.479 e.